The SMILES string of the molecule is O=C1CC(c2ccccc2Cl)O1. The highest BCUT2D eigenvalue weighted by molar-refractivity contribution is 6.31. The van der Waals surface area contributed by atoms with Crippen LogP contribution >= 0.6 is 11.6 Å². The van der Waals surface area contributed by atoms with Crippen molar-refractivity contribution in [2.75, 3.05) is 0 Å². The van der Waals surface area contributed by atoms with E-state index in [0.29, 0.717) is 11.4 Å². The molecule has 3 heteroatoms. The summed E-state index contributed by atoms with van der Waals surface area (Å²) < 4.78 is 4.88. The molecule has 0 bridgehead atoms. The number of esters is 1. The number of hydrogen-bond acceptors (Lipinski definition) is 2. The van der Waals surface area contributed by atoms with Crippen LogP contribution in [0.3, 0.4) is 0 Å². The average molecular weight is 183 g/mol. The molecule has 62 valence electrons. The van der Waals surface area contributed by atoms with Crippen LogP contribution in [0.15, 0.2) is 24.3 Å². The van der Waals surface area contributed by atoms with Crippen molar-refractivity contribution >= 4 is 17.6 Å². The second kappa shape index (κ2) is 2.79. The lowest BCUT2D eigenvalue weighted by Gasteiger charge is -2.26. The van der Waals surface area contributed by atoms with E-state index in [1.54, 1.807) is 6.07 Å². The van der Waals surface area contributed by atoms with Crippen molar-refractivity contribution in [3.05, 3.63) is 34.9 Å². The number of rotatable bonds is 1. The van der Waals surface area contributed by atoms with E-state index < -0.39 is 0 Å². The minimum Gasteiger partial charge on any atom is -0.457 e. The highest BCUT2D eigenvalue weighted by atomic mass is 35.5. The van der Waals surface area contributed by atoms with Crippen LogP contribution in [-0.4, -0.2) is 5.97 Å². The molecule has 0 aliphatic carbocycles. The number of ether oxygens (including phenoxy) is 1. The molecule has 1 saturated heterocycles. The zero-order valence-corrected chi connectivity index (χ0v) is 7.04. The summed E-state index contributed by atoms with van der Waals surface area (Å²) in [7, 11) is 0. The quantitative estimate of drug-likeness (QED) is 0.624. The molecule has 2 nitrogen and oxygen atoms in total. The number of carbonyl (C=O) groups excluding carboxylic acids is 1. The van der Waals surface area contributed by atoms with Crippen LogP contribution in [-0.2, 0) is 9.53 Å². The standard InChI is InChI=1S/C9H7ClO2/c10-7-4-2-1-3-6(7)8-5-9(11)12-8/h1-4,8H,5H2. The number of halogens is 1. The average Bonchev–Trinajstić information content (AvgIpc) is 2.01. The van der Waals surface area contributed by atoms with Gasteiger partial charge in [0, 0.05) is 10.6 Å². The van der Waals surface area contributed by atoms with Gasteiger partial charge in [0.25, 0.3) is 0 Å². The van der Waals surface area contributed by atoms with E-state index in [1.165, 1.54) is 0 Å². The van der Waals surface area contributed by atoms with E-state index in [0.717, 1.165) is 5.56 Å². The molecule has 12 heavy (non-hydrogen) atoms. The summed E-state index contributed by atoms with van der Waals surface area (Å²) >= 11 is 5.89. The van der Waals surface area contributed by atoms with E-state index in [4.69, 9.17) is 16.3 Å². The van der Waals surface area contributed by atoms with Gasteiger partial charge >= 0.3 is 5.97 Å². The fourth-order valence-electron chi connectivity index (χ4n) is 1.21. The Kier molecular flexibility index (Phi) is 1.77. The van der Waals surface area contributed by atoms with Crippen molar-refractivity contribution in [1.29, 1.82) is 0 Å². The Bertz CT molecular complexity index is 314. The topological polar surface area (TPSA) is 26.3 Å². The van der Waals surface area contributed by atoms with Gasteiger partial charge in [-0.1, -0.05) is 29.8 Å². The third-order valence-corrected chi connectivity index (χ3v) is 2.22. The predicted octanol–water partition coefficient (Wildman–Crippen LogP) is 2.33. The summed E-state index contributed by atoms with van der Waals surface area (Å²) in [5.74, 6) is -0.153. The van der Waals surface area contributed by atoms with Gasteiger partial charge in [0.05, 0.1) is 6.42 Å². The molecule has 1 atom stereocenters. The van der Waals surface area contributed by atoms with Gasteiger partial charge in [-0.15, -0.1) is 0 Å². The molecule has 1 aromatic carbocycles. The number of cyclic esters (lactones) is 1. The van der Waals surface area contributed by atoms with Gasteiger partial charge < -0.3 is 4.74 Å². The van der Waals surface area contributed by atoms with Crippen LogP contribution in [0.1, 0.15) is 18.1 Å². The van der Waals surface area contributed by atoms with Crippen LogP contribution in [0.5, 0.6) is 0 Å². The molecule has 1 aliphatic rings. The molecule has 0 radical (unpaired) electrons. The Labute approximate surface area is 75.1 Å². The first kappa shape index (κ1) is 7.62. The second-order valence-corrected chi connectivity index (χ2v) is 3.11. The zero-order valence-electron chi connectivity index (χ0n) is 6.29. The lowest BCUT2D eigenvalue weighted by atomic mass is 10.0. The van der Waals surface area contributed by atoms with Crippen molar-refractivity contribution in [1.82, 2.24) is 0 Å². The van der Waals surface area contributed by atoms with E-state index in [9.17, 15) is 4.79 Å². The van der Waals surface area contributed by atoms with E-state index in [-0.39, 0.29) is 12.1 Å². The van der Waals surface area contributed by atoms with Gasteiger partial charge in [0.15, 0.2) is 0 Å². The van der Waals surface area contributed by atoms with Crippen molar-refractivity contribution in [3.8, 4) is 0 Å². The smallest absolute Gasteiger partial charge is 0.310 e. The van der Waals surface area contributed by atoms with E-state index in [2.05, 4.69) is 0 Å². The maximum absolute atomic E-state index is 10.5. The van der Waals surface area contributed by atoms with Crippen molar-refractivity contribution in [2.24, 2.45) is 0 Å². The van der Waals surface area contributed by atoms with Crippen LogP contribution in [0.4, 0.5) is 0 Å². The number of carbonyl (C=O) groups is 1. The maximum atomic E-state index is 10.5. The first-order valence-corrected chi connectivity index (χ1v) is 4.09. The van der Waals surface area contributed by atoms with Crippen LogP contribution < -0.4 is 0 Å². The summed E-state index contributed by atoms with van der Waals surface area (Å²) in [6.07, 6.45) is 0.329. The normalized spacial score (nSPS) is 21.4. The Morgan fingerprint density at radius 1 is 1.42 bits per heavy atom. The molecule has 0 spiro atoms. The highest BCUT2D eigenvalue weighted by Gasteiger charge is 2.30. The summed E-state index contributed by atoms with van der Waals surface area (Å²) in [5.41, 5.74) is 0.902. The summed E-state index contributed by atoms with van der Waals surface area (Å²) in [6, 6.07) is 7.40. The molecule has 0 amide bonds. The lowest BCUT2D eigenvalue weighted by Crippen LogP contribution is -2.25. The highest BCUT2D eigenvalue weighted by Crippen LogP contribution is 2.34. The second-order valence-electron chi connectivity index (χ2n) is 2.70. The largest absolute Gasteiger partial charge is 0.457 e. The van der Waals surface area contributed by atoms with E-state index in [1.807, 2.05) is 18.2 Å². The van der Waals surface area contributed by atoms with Gasteiger partial charge in [-0.25, -0.2) is 0 Å². The molecule has 1 aliphatic heterocycles. The Balaban J connectivity index is 2.23. The van der Waals surface area contributed by atoms with Crippen molar-refractivity contribution < 1.29 is 9.53 Å². The first-order valence-electron chi connectivity index (χ1n) is 3.71. The Morgan fingerprint density at radius 2 is 2.08 bits per heavy atom. The minimum atomic E-state index is -0.153. The summed E-state index contributed by atoms with van der Waals surface area (Å²) in [6.45, 7) is 0. The molecule has 0 N–H and O–H groups in total. The predicted molar refractivity (Wildman–Crippen MR) is 44.9 cm³/mol. The Hall–Kier alpha value is -1.02. The third kappa shape index (κ3) is 1.18. The van der Waals surface area contributed by atoms with Crippen LogP contribution in [0, 0.1) is 0 Å². The van der Waals surface area contributed by atoms with Gasteiger partial charge in [0.2, 0.25) is 0 Å². The lowest BCUT2D eigenvalue weighted by molar-refractivity contribution is -0.170. The monoisotopic (exact) mass is 182 g/mol. The number of hydrogen-bond donors (Lipinski definition) is 0. The molecular formula is C9H7ClO2. The van der Waals surface area contributed by atoms with Crippen molar-refractivity contribution in [2.45, 2.75) is 12.5 Å². The van der Waals surface area contributed by atoms with Gasteiger partial charge in [0.1, 0.15) is 6.10 Å². The Morgan fingerprint density at radius 3 is 2.67 bits per heavy atom. The summed E-state index contributed by atoms with van der Waals surface area (Å²) in [5, 5.41) is 0.662. The molecule has 0 saturated carbocycles. The molecule has 2 rings (SSSR count). The molecule has 0 aromatic heterocycles. The van der Waals surface area contributed by atoms with Gasteiger partial charge in [-0.2, -0.15) is 0 Å². The van der Waals surface area contributed by atoms with Crippen LogP contribution in [0.25, 0.3) is 0 Å². The molecular weight excluding hydrogens is 176 g/mol. The molecule has 1 fully saturated rings. The maximum Gasteiger partial charge on any atom is 0.310 e. The first-order chi connectivity index (χ1) is 5.77. The van der Waals surface area contributed by atoms with E-state index >= 15 is 0 Å². The summed E-state index contributed by atoms with van der Waals surface area (Å²) in [4.78, 5) is 10.5. The fraction of sp³-hybridized carbons (Fsp3) is 0.222. The molecule has 1 aromatic rings. The molecule has 1 heterocycles. The van der Waals surface area contributed by atoms with Crippen LogP contribution in [0.2, 0.25) is 5.02 Å². The van der Waals surface area contributed by atoms with Crippen molar-refractivity contribution in [3.63, 3.8) is 0 Å². The minimum absolute atomic E-state index is 0.119. The van der Waals surface area contributed by atoms with Gasteiger partial charge in [-0.05, 0) is 6.07 Å². The molecule has 1 unspecified atom stereocenters. The fourth-order valence-corrected chi connectivity index (χ4v) is 1.47. The zero-order chi connectivity index (χ0) is 8.55. The third-order valence-electron chi connectivity index (χ3n) is 1.88. The number of benzene rings is 1. The van der Waals surface area contributed by atoms with Gasteiger partial charge in [-0.3, -0.25) is 4.79 Å².